The number of hydrogen-bond acceptors (Lipinski definition) is 15. The molecule has 30 nitrogen and oxygen atoms in total. The van der Waals surface area contributed by atoms with Crippen LogP contribution in [0.25, 0.3) is 10.9 Å². The summed E-state index contributed by atoms with van der Waals surface area (Å²) in [6.45, 7) is -1.29. The Bertz CT molecular complexity index is 2970. The van der Waals surface area contributed by atoms with E-state index in [2.05, 4.69) is 63.5 Å². The van der Waals surface area contributed by atoms with E-state index < -0.39 is 139 Å². The molecular weight excluding hydrogens is 1140 g/mol. The predicted octanol–water partition coefficient (Wildman–Crippen LogP) is -3.41. The minimum absolute atomic E-state index is 0.0258. The lowest BCUT2D eigenvalue weighted by Gasteiger charge is -2.30. The van der Waals surface area contributed by atoms with Gasteiger partial charge in [0, 0.05) is 70.0 Å². The fourth-order valence-corrected chi connectivity index (χ4v) is 10.8. The van der Waals surface area contributed by atoms with Gasteiger partial charge >= 0.3 is 6.03 Å². The molecule has 2 saturated carbocycles. The highest BCUT2D eigenvalue weighted by molar-refractivity contribution is 5.98. The number of urea groups is 1. The largest absolute Gasteiger partial charge is 0.508 e. The Kier molecular flexibility index (Phi) is 25.7. The van der Waals surface area contributed by atoms with Gasteiger partial charge in [0.15, 0.2) is 5.96 Å². The lowest BCUT2D eigenvalue weighted by Crippen LogP contribution is -2.61. The number of benzene rings is 2. The van der Waals surface area contributed by atoms with Gasteiger partial charge in [-0.1, -0.05) is 75.3 Å². The maximum atomic E-state index is 14.2. The number of aromatic amines is 1. The van der Waals surface area contributed by atoms with Gasteiger partial charge in [0.2, 0.25) is 59.1 Å². The molecule has 88 heavy (non-hydrogen) atoms. The van der Waals surface area contributed by atoms with Crippen molar-refractivity contribution in [3.8, 4) is 5.75 Å². The van der Waals surface area contributed by atoms with Gasteiger partial charge in [0.05, 0.1) is 19.3 Å². The molecule has 3 aliphatic rings. The van der Waals surface area contributed by atoms with E-state index >= 15 is 0 Å². The van der Waals surface area contributed by atoms with Crippen LogP contribution in [0.15, 0.2) is 54.7 Å². The van der Waals surface area contributed by atoms with Crippen LogP contribution < -0.4 is 70.0 Å². The maximum Gasteiger partial charge on any atom is 0.312 e. The molecule has 20 N–H and O–H groups in total. The van der Waals surface area contributed by atoms with Crippen molar-refractivity contribution in [2.45, 2.75) is 151 Å². The summed E-state index contributed by atoms with van der Waals surface area (Å²) in [5.74, 6) is -8.35. The number of carbonyl (C=O) groups is 11. The summed E-state index contributed by atoms with van der Waals surface area (Å²) >= 11 is 0. The molecule has 30 heteroatoms. The van der Waals surface area contributed by atoms with Crippen LogP contribution in [0, 0.1) is 17.2 Å². The van der Waals surface area contributed by atoms with Gasteiger partial charge in [-0.05, 0) is 66.8 Å². The Hall–Kier alpha value is -9.06. The number of phenolic OH excluding ortho intramolecular Hbond substituents is 1. The van der Waals surface area contributed by atoms with Crippen molar-refractivity contribution in [1.82, 2.24) is 68.4 Å². The van der Waals surface area contributed by atoms with Gasteiger partial charge in [0.1, 0.15) is 54.1 Å². The van der Waals surface area contributed by atoms with E-state index in [1.807, 2.05) is 24.3 Å². The quantitative estimate of drug-likeness (QED) is 0.0165. The predicted molar refractivity (Wildman–Crippen MR) is 319 cm³/mol. The third-order valence-electron chi connectivity index (χ3n) is 15.7. The van der Waals surface area contributed by atoms with E-state index in [-0.39, 0.29) is 81.6 Å². The number of β-amino-alcohol motifs (C(OH)–C–C–N with tert-alkyl or cyclic N) is 1. The van der Waals surface area contributed by atoms with Crippen LogP contribution >= 0.6 is 0 Å². The fraction of sp³-hybridized carbons (Fsp3) is 0.552. The molecule has 9 atom stereocenters. The Morgan fingerprint density at radius 3 is 1.94 bits per heavy atom. The molecule has 2 heterocycles. The van der Waals surface area contributed by atoms with Crippen LogP contribution in [-0.4, -0.2) is 191 Å². The molecule has 1 saturated heterocycles. The van der Waals surface area contributed by atoms with Crippen molar-refractivity contribution < 1.29 is 68.1 Å². The normalized spacial score (nSPS) is 18.1. The third-order valence-corrected chi connectivity index (χ3v) is 15.7. The number of rotatable bonds is 32. The highest BCUT2D eigenvalue weighted by Crippen LogP contribution is 2.34. The first-order valence-corrected chi connectivity index (χ1v) is 29.6. The van der Waals surface area contributed by atoms with E-state index in [0.29, 0.717) is 18.4 Å². The van der Waals surface area contributed by atoms with Gasteiger partial charge in [-0.15, -0.1) is 0 Å². The highest BCUT2D eigenvalue weighted by atomic mass is 16.3. The summed E-state index contributed by atoms with van der Waals surface area (Å²) in [5.41, 5.74) is 13.2. The van der Waals surface area contributed by atoms with Crippen LogP contribution in [0.1, 0.15) is 95.1 Å². The van der Waals surface area contributed by atoms with Crippen LogP contribution in [0.5, 0.6) is 5.75 Å². The Morgan fingerprint density at radius 1 is 0.682 bits per heavy atom. The number of aliphatic hydroxyl groups is 2. The lowest BCUT2D eigenvalue weighted by molar-refractivity contribution is -0.142. The number of H-pyrrole nitrogens is 1. The van der Waals surface area contributed by atoms with Gasteiger partial charge in [-0.25, -0.2) is 4.79 Å². The van der Waals surface area contributed by atoms with E-state index in [0.717, 1.165) is 53.5 Å². The Morgan fingerprint density at radius 2 is 1.30 bits per heavy atom. The van der Waals surface area contributed by atoms with Crippen molar-refractivity contribution in [3.63, 3.8) is 0 Å². The average Bonchev–Trinajstić information content (AvgIpc) is 3.20. The number of guanidine groups is 1. The fourth-order valence-electron chi connectivity index (χ4n) is 10.8. The molecule has 0 bridgehead atoms. The first-order valence-electron chi connectivity index (χ1n) is 29.6. The number of fused-ring (bicyclic) bond motifs is 1. The number of hydrogen-bond donors (Lipinski definition) is 18. The molecular formula is C58H84N16O14. The molecule has 0 spiro atoms. The Balaban J connectivity index is 1.10. The molecule has 3 aromatic rings. The summed E-state index contributed by atoms with van der Waals surface area (Å²) in [5, 5.41) is 67.9. The standard InChI is InChI=1S/C58H84N16O14/c1-31(76)67-44(23-34-16-18-36(77)19-17-34)56(87)74-29-37(78)25-47(74)55(86)72-45(27-66-58(61)88)53(84)73-46(30-75)54(85)71-42(21-32-9-4-3-5-10-32)50(81)65-28-48(79)68-43(22-33-14-15-33)52(83)69-40(13-8-20-63-57(60)62-2)51(82)70-41(49(59)80)24-35-26-64-39-12-7-6-11-38(35)39/h6-7,11-12,16-19,26,32-33,37,40-47,64,75,77-78H,3-5,8-10,13-15,20-25,27-30H2,1-2H3,(H2,59,80)(H,65,81)(H,67,76)(H,68,79)(H,69,83)(H,70,82)(H,71,85)(H,72,86)(H,73,84)(H3,60,62,63)(H3,61,66,88)/t37-,40+,41+,42+,43+,44-,45+,46+,47+/m1/s1. The Labute approximate surface area is 508 Å². The second kappa shape index (κ2) is 33.2. The second-order valence-electron chi connectivity index (χ2n) is 22.7. The van der Waals surface area contributed by atoms with Crippen molar-refractivity contribution in [1.29, 1.82) is 5.41 Å². The number of nitrogens with two attached hydrogens (primary N) is 2. The number of amides is 12. The molecule has 12 amide bonds. The minimum atomic E-state index is -1.78. The number of likely N-dealkylation sites (tertiary alicyclic amines) is 1. The van der Waals surface area contributed by atoms with E-state index in [4.69, 9.17) is 16.9 Å². The molecule has 0 unspecified atom stereocenters. The number of primary amides is 2. The summed E-state index contributed by atoms with van der Waals surface area (Å²) in [6.07, 6.45) is 6.39. The number of aromatic hydroxyl groups is 1. The third kappa shape index (κ3) is 21.1. The monoisotopic (exact) mass is 1230 g/mol. The summed E-state index contributed by atoms with van der Waals surface area (Å²) in [4.78, 5) is 153. The number of aliphatic hydroxyl groups excluding tert-OH is 2. The van der Waals surface area contributed by atoms with Crippen LogP contribution in [0.2, 0.25) is 0 Å². The summed E-state index contributed by atoms with van der Waals surface area (Å²) in [6, 6.07) is 1.07. The number of para-hydroxylation sites is 1. The molecule has 2 aliphatic carbocycles. The number of carbonyl (C=O) groups excluding carboxylic acids is 11. The SMILES string of the molecule is CNC(=N)NCCC[C@H](NC(=O)[C@H](CC1CC1)NC(=O)CNC(=O)[C@H](CC1CCCCC1)NC(=O)[C@H](CO)NC(=O)[C@H](CNC(N)=O)NC(=O)[C@@H]1C[C@@H](O)CN1C(=O)[C@@H](Cc1ccc(O)cc1)NC(C)=O)C(=O)N[C@@H](Cc1c[nH]c2ccccc12)C(N)=O. The molecule has 3 fully saturated rings. The van der Waals surface area contributed by atoms with Gasteiger partial charge in [-0.3, -0.25) is 53.4 Å². The maximum absolute atomic E-state index is 14.2. The van der Waals surface area contributed by atoms with E-state index in [1.165, 1.54) is 31.2 Å². The molecule has 6 rings (SSSR count). The highest BCUT2D eigenvalue weighted by Gasteiger charge is 2.43. The zero-order valence-corrected chi connectivity index (χ0v) is 49.4. The summed E-state index contributed by atoms with van der Waals surface area (Å²) < 4.78 is 0. The first-order chi connectivity index (χ1) is 42.0. The summed E-state index contributed by atoms with van der Waals surface area (Å²) in [7, 11) is 1.55. The average molecular weight is 1230 g/mol. The van der Waals surface area contributed by atoms with Crippen LogP contribution in [-0.2, 0) is 60.8 Å². The van der Waals surface area contributed by atoms with E-state index in [9.17, 15) is 68.1 Å². The van der Waals surface area contributed by atoms with Crippen molar-refractivity contribution in [2.24, 2.45) is 23.3 Å². The van der Waals surface area contributed by atoms with Crippen LogP contribution in [0.4, 0.5) is 4.79 Å². The molecule has 1 aliphatic heterocycles. The molecule has 1 aromatic heterocycles. The molecule has 480 valence electrons. The first kappa shape index (κ1) is 68.1. The zero-order valence-electron chi connectivity index (χ0n) is 49.4. The van der Waals surface area contributed by atoms with Crippen molar-refractivity contribution in [3.05, 3.63) is 65.9 Å². The van der Waals surface area contributed by atoms with Crippen LogP contribution in [0.3, 0.4) is 0 Å². The molecule has 0 radical (unpaired) electrons. The topological polar surface area (TPSA) is 476 Å². The van der Waals surface area contributed by atoms with Gasteiger partial charge in [-0.2, -0.15) is 0 Å². The molecule has 2 aromatic carbocycles. The van der Waals surface area contributed by atoms with Gasteiger partial charge < -0.3 is 95.2 Å². The smallest absolute Gasteiger partial charge is 0.312 e. The van der Waals surface area contributed by atoms with Crippen molar-refractivity contribution in [2.75, 3.05) is 39.8 Å². The number of aromatic nitrogens is 1. The second-order valence-corrected chi connectivity index (χ2v) is 22.7. The van der Waals surface area contributed by atoms with Gasteiger partial charge in [0.25, 0.3) is 0 Å². The number of nitrogens with one attached hydrogen (secondary N) is 13. The lowest BCUT2D eigenvalue weighted by atomic mass is 9.84. The van der Waals surface area contributed by atoms with E-state index in [1.54, 1.807) is 13.2 Å². The minimum Gasteiger partial charge on any atom is -0.508 e. The zero-order chi connectivity index (χ0) is 64.0. The number of phenols is 1. The number of nitrogens with zero attached hydrogens (tertiary/aromatic N) is 1. The van der Waals surface area contributed by atoms with Crippen molar-refractivity contribution >= 4 is 82.0 Å².